The molecule has 4 atom stereocenters. The molecule has 2 saturated carbocycles. The van der Waals surface area contributed by atoms with Crippen LogP contribution >= 0.6 is 23.8 Å². The minimum absolute atomic E-state index is 0.261. The minimum atomic E-state index is -0.261. The molecule has 0 aromatic heterocycles. The molecule has 22 heavy (non-hydrogen) atoms. The Morgan fingerprint density at radius 1 is 1.32 bits per heavy atom. The topological polar surface area (TPSA) is 41.1 Å². The third-order valence-corrected chi connectivity index (χ3v) is 5.69. The maximum Gasteiger partial charge on any atom is 0.258 e. The highest BCUT2D eigenvalue weighted by Crippen LogP contribution is 2.49. The van der Waals surface area contributed by atoms with Crippen LogP contribution in [0.2, 0.25) is 5.02 Å². The van der Waals surface area contributed by atoms with E-state index in [2.05, 4.69) is 17.6 Å². The van der Waals surface area contributed by atoms with E-state index in [1.807, 2.05) is 0 Å². The number of hydrogen-bond donors (Lipinski definition) is 2. The van der Waals surface area contributed by atoms with Crippen LogP contribution < -0.4 is 10.6 Å². The predicted octanol–water partition coefficient (Wildman–Crippen LogP) is 3.77. The lowest BCUT2D eigenvalue weighted by Gasteiger charge is -2.29. The van der Waals surface area contributed by atoms with Crippen LogP contribution in [0.4, 0.5) is 0 Å². The van der Waals surface area contributed by atoms with Crippen molar-refractivity contribution >= 4 is 34.8 Å². The number of hydrogen-bond acceptors (Lipinski definition) is 2. The molecule has 0 radical (unpaired) electrons. The van der Waals surface area contributed by atoms with Gasteiger partial charge in [-0.3, -0.25) is 10.1 Å². The van der Waals surface area contributed by atoms with E-state index in [0.29, 0.717) is 27.7 Å². The van der Waals surface area contributed by atoms with Gasteiger partial charge in [-0.15, -0.1) is 0 Å². The molecular weight excluding hydrogens is 316 g/mol. The first kappa shape index (κ1) is 15.8. The molecule has 2 aliphatic rings. The summed E-state index contributed by atoms with van der Waals surface area (Å²) in [6, 6.07) is 7.28. The van der Waals surface area contributed by atoms with Crippen LogP contribution in [0.3, 0.4) is 0 Å². The quantitative estimate of drug-likeness (QED) is 0.825. The van der Waals surface area contributed by atoms with Crippen molar-refractivity contribution in [2.75, 3.05) is 0 Å². The zero-order chi connectivity index (χ0) is 15.7. The van der Waals surface area contributed by atoms with Gasteiger partial charge in [-0.25, -0.2) is 0 Å². The Kier molecular flexibility index (Phi) is 4.69. The fraction of sp³-hybridized carbons (Fsp3) is 0.529. The highest BCUT2D eigenvalue weighted by molar-refractivity contribution is 7.80. The summed E-state index contributed by atoms with van der Waals surface area (Å²) in [7, 11) is 0. The lowest BCUT2D eigenvalue weighted by Crippen LogP contribution is -2.46. The summed E-state index contributed by atoms with van der Waals surface area (Å²) >= 11 is 11.3. The van der Waals surface area contributed by atoms with Gasteiger partial charge in [0.15, 0.2) is 5.11 Å². The number of benzene rings is 1. The van der Waals surface area contributed by atoms with Gasteiger partial charge in [0.2, 0.25) is 0 Å². The summed E-state index contributed by atoms with van der Waals surface area (Å²) < 4.78 is 0. The first-order valence-corrected chi connectivity index (χ1v) is 8.69. The SMILES string of the molecule is C[C@@H](NC(=S)NC(=O)c1ccccc1Cl)[C@@H]1C[C@H]2CC[C@H]1C2. The van der Waals surface area contributed by atoms with Crippen LogP contribution in [0.25, 0.3) is 0 Å². The second-order valence-electron chi connectivity index (χ2n) is 6.53. The van der Waals surface area contributed by atoms with Crippen LogP contribution in [0.5, 0.6) is 0 Å². The van der Waals surface area contributed by atoms with Gasteiger partial charge >= 0.3 is 0 Å². The summed E-state index contributed by atoms with van der Waals surface area (Å²) in [5.74, 6) is 2.15. The fourth-order valence-electron chi connectivity index (χ4n) is 4.07. The van der Waals surface area contributed by atoms with Gasteiger partial charge < -0.3 is 5.32 Å². The zero-order valence-corrected chi connectivity index (χ0v) is 14.2. The molecule has 3 rings (SSSR count). The van der Waals surface area contributed by atoms with Crippen molar-refractivity contribution in [2.45, 2.75) is 38.6 Å². The molecule has 2 N–H and O–H groups in total. The van der Waals surface area contributed by atoms with E-state index < -0.39 is 0 Å². The van der Waals surface area contributed by atoms with E-state index in [0.717, 1.165) is 11.8 Å². The van der Waals surface area contributed by atoms with Crippen LogP contribution in [0, 0.1) is 17.8 Å². The number of amides is 1. The highest BCUT2D eigenvalue weighted by Gasteiger charge is 2.41. The van der Waals surface area contributed by atoms with E-state index in [1.54, 1.807) is 24.3 Å². The van der Waals surface area contributed by atoms with Crippen molar-refractivity contribution in [1.29, 1.82) is 0 Å². The normalized spacial score (nSPS) is 27.5. The summed E-state index contributed by atoms with van der Waals surface area (Å²) in [4.78, 5) is 12.2. The van der Waals surface area contributed by atoms with Crippen molar-refractivity contribution in [1.82, 2.24) is 10.6 Å². The van der Waals surface area contributed by atoms with Crippen molar-refractivity contribution in [3.05, 3.63) is 34.9 Å². The molecule has 2 aliphatic carbocycles. The monoisotopic (exact) mass is 336 g/mol. The molecule has 118 valence electrons. The second kappa shape index (κ2) is 6.55. The van der Waals surface area contributed by atoms with Crippen LogP contribution in [-0.2, 0) is 0 Å². The number of nitrogens with one attached hydrogen (secondary N) is 2. The number of thiocarbonyl (C=S) groups is 1. The fourth-order valence-corrected chi connectivity index (χ4v) is 4.57. The first-order valence-electron chi connectivity index (χ1n) is 7.91. The van der Waals surface area contributed by atoms with Crippen molar-refractivity contribution in [3.63, 3.8) is 0 Å². The Balaban J connectivity index is 1.54. The van der Waals surface area contributed by atoms with E-state index in [1.165, 1.54) is 25.7 Å². The predicted molar refractivity (Wildman–Crippen MR) is 93.1 cm³/mol. The molecule has 2 fully saturated rings. The molecule has 1 amide bonds. The summed E-state index contributed by atoms with van der Waals surface area (Å²) in [6.45, 7) is 2.17. The third-order valence-electron chi connectivity index (χ3n) is 5.14. The van der Waals surface area contributed by atoms with E-state index in [4.69, 9.17) is 23.8 Å². The van der Waals surface area contributed by atoms with Gasteiger partial charge in [-0.2, -0.15) is 0 Å². The molecule has 0 saturated heterocycles. The molecule has 0 heterocycles. The molecule has 0 spiro atoms. The van der Waals surface area contributed by atoms with Gasteiger partial charge in [-0.05, 0) is 68.3 Å². The van der Waals surface area contributed by atoms with E-state index >= 15 is 0 Å². The number of carbonyl (C=O) groups is 1. The first-order chi connectivity index (χ1) is 10.5. The number of fused-ring (bicyclic) bond motifs is 2. The summed E-state index contributed by atoms with van der Waals surface area (Å²) in [5.41, 5.74) is 0.445. The molecule has 2 bridgehead atoms. The third kappa shape index (κ3) is 3.28. The Bertz CT molecular complexity index is 592. The molecule has 1 aromatic carbocycles. The maximum atomic E-state index is 12.2. The number of halogens is 1. The minimum Gasteiger partial charge on any atom is -0.360 e. The average molecular weight is 337 g/mol. The van der Waals surface area contributed by atoms with E-state index in [-0.39, 0.29) is 5.91 Å². The maximum absolute atomic E-state index is 12.2. The van der Waals surface area contributed by atoms with Crippen molar-refractivity contribution in [2.24, 2.45) is 17.8 Å². The van der Waals surface area contributed by atoms with Gasteiger partial charge in [0.25, 0.3) is 5.91 Å². The Hall–Kier alpha value is -1.13. The molecular formula is C17H21ClN2OS. The average Bonchev–Trinajstić information content (AvgIpc) is 3.10. The number of carbonyl (C=O) groups excluding carboxylic acids is 1. The van der Waals surface area contributed by atoms with Crippen LogP contribution in [0.1, 0.15) is 43.0 Å². The second-order valence-corrected chi connectivity index (χ2v) is 7.35. The number of rotatable bonds is 3. The van der Waals surface area contributed by atoms with Crippen LogP contribution in [0.15, 0.2) is 24.3 Å². The van der Waals surface area contributed by atoms with Crippen LogP contribution in [-0.4, -0.2) is 17.1 Å². The molecule has 0 unspecified atom stereocenters. The zero-order valence-electron chi connectivity index (χ0n) is 12.6. The summed E-state index contributed by atoms with van der Waals surface area (Å²) in [5, 5.41) is 6.84. The molecule has 0 aliphatic heterocycles. The van der Waals surface area contributed by atoms with Gasteiger partial charge in [0.05, 0.1) is 10.6 Å². The highest BCUT2D eigenvalue weighted by atomic mass is 35.5. The van der Waals surface area contributed by atoms with Gasteiger partial charge in [-0.1, -0.05) is 30.2 Å². The van der Waals surface area contributed by atoms with Crippen molar-refractivity contribution in [3.8, 4) is 0 Å². The Morgan fingerprint density at radius 3 is 2.73 bits per heavy atom. The Morgan fingerprint density at radius 2 is 2.09 bits per heavy atom. The smallest absolute Gasteiger partial charge is 0.258 e. The lowest BCUT2D eigenvalue weighted by molar-refractivity contribution is 0.0976. The Labute approximate surface area is 141 Å². The summed E-state index contributed by atoms with van der Waals surface area (Å²) in [6.07, 6.45) is 5.40. The van der Waals surface area contributed by atoms with Gasteiger partial charge in [0, 0.05) is 6.04 Å². The molecule has 3 nitrogen and oxygen atoms in total. The largest absolute Gasteiger partial charge is 0.360 e. The molecule has 5 heteroatoms. The van der Waals surface area contributed by atoms with E-state index in [9.17, 15) is 4.79 Å². The molecule has 1 aromatic rings. The standard InChI is InChI=1S/C17H21ClN2OS/c1-10(14-9-11-6-7-12(14)8-11)19-17(22)20-16(21)13-4-2-3-5-15(13)18/h2-5,10-12,14H,6-9H2,1H3,(H2,19,20,21,22)/t10-,11+,12+,14+/m1/s1. The lowest BCUT2D eigenvalue weighted by atomic mass is 9.84. The van der Waals surface area contributed by atoms with Crippen molar-refractivity contribution < 1.29 is 4.79 Å². The van der Waals surface area contributed by atoms with Gasteiger partial charge in [0.1, 0.15) is 0 Å².